The Balaban J connectivity index is 1.57. The Hall–Kier alpha value is -3.43. The maximum Gasteiger partial charge on any atom is 0.243 e. The first-order valence-corrected chi connectivity index (χ1v) is 14.3. The van der Waals surface area contributed by atoms with E-state index < -0.39 is 10.0 Å². The average Bonchev–Trinajstić information content (AvgIpc) is 3.59. The lowest BCUT2D eigenvalue weighted by Crippen LogP contribution is -2.50. The fourth-order valence-electron chi connectivity index (χ4n) is 6.40. The van der Waals surface area contributed by atoms with Gasteiger partial charge in [-0.05, 0) is 49.4 Å². The van der Waals surface area contributed by atoms with E-state index in [2.05, 4.69) is 27.3 Å². The minimum atomic E-state index is -3.74. The average molecular weight is 516 g/mol. The van der Waals surface area contributed by atoms with Crippen LogP contribution in [-0.2, 0) is 10.0 Å². The molecular formula is C28H29N5O3S. The standard InChI is InChI=1S/C28H29N5O3S/c1-32(2)37(34,35)21-17-20-22(18-9-4-3-5-10-18)23-26-30-15-16-33(26)28(12-6-7-13-28)31-27(23)36-25(20)24-19(21)11-8-14-29-24/h3-5,8-11,14,17,22,30H,6-7,12-13,15-16H2,1-2H3. The monoisotopic (exact) mass is 515 g/mol. The van der Waals surface area contributed by atoms with Crippen molar-refractivity contribution in [3.05, 3.63) is 77.2 Å². The van der Waals surface area contributed by atoms with Gasteiger partial charge >= 0.3 is 0 Å². The van der Waals surface area contributed by atoms with Crippen LogP contribution in [0.3, 0.4) is 0 Å². The van der Waals surface area contributed by atoms with E-state index in [0.29, 0.717) is 22.6 Å². The Morgan fingerprint density at radius 1 is 1.11 bits per heavy atom. The zero-order valence-corrected chi connectivity index (χ0v) is 21.8. The van der Waals surface area contributed by atoms with Crippen LogP contribution in [-0.4, -0.2) is 61.4 Å². The van der Waals surface area contributed by atoms with Gasteiger partial charge in [0.1, 0.15) is 17.0 Å². The van der Waals surface area contributed by atoms with E-state index in [0.717, 1.165) is 61.3 Å². The summed E-state index contributed by atoms with van der Waals surface area (Å²) in [5, 5.41) is 4.19. The molecular weight excluding hydrogens is 486 g/mol. The van der Waals surface area contributed by atoms with Crippen LogP contribution in [0.5, 0.6) is 5.75 Å². The molecule has 1 aromatic heterocycles. The normalized spacial score (nSPS) is 22.0. The Morgan fingerprint density at radius 3 is 2.65 bits per heavy atom. The molecule has 1 unspecified atom stereocenters. The molecule has 3 aromatic rings. The molecule has 0 radical (unpaired) electrons. The lowest BCUT2D eigenvalue weighted by Gasteiger charge is -2.44. The number of sulfonamides is 1. The molecule has 0 amide bonds. The third-order valence-electron chi connectivity index (χ3n) is 8.13. The summed E-state index contributed by atoms with van der Waals surface area (Å²) in [6, 6.07) is 15.6. The summed E-state index contributed by atoms with van der Waals surface area (Å²) in [5.74, 6) is 2.02. The minimum Gasteiger partial charge on any atom is -0.436 e. The highest BCUT2D eigenvalue weighted by Crippen LogP contribution is 2.52. The molecule has 190 valence electrons. The van der Waals surface area contributed by atoms with Gasteiger partial charge in [0, 0.05) is 50.2 Å². The van der Waals surface area contributed by atoms with Gasteiger partial charge in [-0.1, -0.05) is 30.3 Å². The number of fused-ring (bicyclic) bond motifs is 6. The molecule has 1 saturated heterocycles. The molecule has 4 heterocycles. The second-order valence-corrected chi connectivity index (χ2v) is 12.5. The summed E-state index contributed by atoms with van der Waals surface area (Å²) in [5.41, 5.74) is 3.07. The van der Waals surface area contributed by atoms with E-state index in [-0.39, 0.29) is 16.5 Å². The first kappa shape index (κ1) is 22.7. The van der Waals surface area contributed by atoms with Crippen LogP contribution in [0.1, 0.15) is 42.7 Å². The summed E-state index contributed by atoms with van der Waals surface area (Å²) in [6.45, 7) is 1.74. The van der Waals surface area contributed by atoms with Crippen molar-refractivity contribution in [1.29, 1.82) is 0 Å². The van der Waals surface area contributed by atoms with Crippen LogP contribution in [0, 0.1) is 0 Å². The highest BCUT2D eigenvalue weighted by Gasteiger charge is 2.50. The summed E-state index contributed by atoms with van der Waals surface area (Å²) >= 11 is 0. The summed E-state index contributed by atoms with van der Waals surface area (Å²) in [6.07, 6.45) is 5.97. The number of ether oxygens (including phenoxy) is 1. The Kier molecular flexibility index (Phi) is 4.94. The number of nitrogens with zero attached hydrogens (tertiary/aromatic N) is 4. The Labute approximate surface area is 216 Å². The van der Waals surface area contributed by atoms with Gasteiger partial charge in [-0.2, -0.15) is 0 Å². The predicted octanol–water partition coefficient (Wildman–Crippen LogP) is 3.81. The first-order chi connectivity index (χ1) is 17.9. The minimum absolute atomic E-state index is 0.231. The van der Waals surface area contributed by atoms with Gasteiger partial charge < -0.3 is 15.0 Å². The number of nitrogens with one attached hydrogen (secondary N) is 1. The molecule has 1 atom stereocenters. The van der Waals surface area contributed by atoms with E-state index >= 15 is 0 Å². The van der Waals surface area contributed by atoms with Gasteiger partial charge in [0.25, 0.3) is 0 Å². The maximum atomic E-state index is 13.5. The van der Waals surface area contributed by atoms with Crippen LogP contribution >= 0.6 is 0 Å². The van der Waals surface area contributed by atoms with E-state index in [9.17, 15) is 8.42 Å². The lowest BCUT2D eigenvalue weighted by atomic mass is 9.80. The third-order valence-corrected chi connectivity index (χ3v) is 9.98. The van der Waals surface area contributed by atoms with Crippen molar-refractivity contribution < 1.29 is 13.2 Å². The molecule has 1 aliphatic carbocycles. The van der Waals surface area contributed by atoms with Crippen molar-refractivity contribution in [3.63, 3.8) is 0 Å². The quantitative estimate of drug-likeness (QED) is 0.571. The van der Waals surface area contributed by atoms with Crippen LogP contribution in [0.15, 0.2) is 76.0 Å². The molecule has 9 heteroatoms. The third kappa shape index (κ3) is 3.20. The molecule has 1 spiro atoms. The molecule has 8 nitrogen and oxygen atoms in total. The largest absolute Gasteiger partial charge is 0.436 e. The van der Waals surface area contributed by atoms with E-state index in [1.165, 1.54) is 4.31 Å². The van der Waals surface area contributed by atoms with Crippen LogP contribution in [0.25, 0.3) is 10.9 Å². The number of hydrogen-bond donors (Lipinski definition) is 1. The zero-order valence-electron chi connectivity index (χ0n) is 20.9. The molecule has 2 fully saturated rings. The molecule has 37 heavy (non-hydrogen) atoms. The van der Waals surface area contributed by atoms with Crippen LogP contribution in [0.4, 0.5) is 0 Å². The molecule has 2 aromatic carbocycles. The van der Waals surface area contributed by atoms with Crippen LogP contribution < -0.4 is 10.1 Å². The smallest absolute Gasteiger partial charge is 0.243 e. The predicted molar refractivity (Wildman–Crippen MR) is 142 cm³/mol. The maximum absolute atomic E-state index is 13.5. The molecule has 7 rings (SSSR count). The second-order valence-electron chi connectivity index (χ2n) is 10.4. The molecule has 0 bridgehead atoms. The summed E-state index contributed by atoms with van der Waals surface area (Å²) in [4.78, 5) is 12.6. The molecule has 4 aliphatic rings. The number of rotatable bonds is 3. The number of hydrogen-bond acceptors (Lipinski definition) is 7. The number of pyridine rings is 1. The van der Waals surface area contributed by atoms with Gasteiger partial charge in [0.2, 0.25) is 15.9 Å². The van der Waals surface area contributed by atoms with E-state index in [1.807, 2.05) is 18.2 Å². The van der Waals surface area contributed by atoms with Gasteiger partial charge in [0.05, 0.1) is 10.5 Å². The SMILES string of the molecule is CN(C)S(=O)(=O)c1cc2c(c3ncccc13)OC1=NC3(CCCC3)N3CCNC3=C1C2c1ccccc1. The Bertz CT molecular complexity index is 1590. The van der Waals surface area contributed by atoms with Gasteiger partial charge in [0.15, 0.2) is 5.75 Å². The summed E-state index contributed by atoms with van der Waals surface area (Å²) in [7, 11) is -0.631. The summed E-state index contributed by atoms with van der Waals surface area (Å²) < 4.78 is 35.0. The number of aromatic nitrogens is 1. The first-order valence-electron chi connectivity index (χ1n) is 12.8. The molecule has 3 aliphatic heterocycles. The number of benzene rings is 2. The van der Waals surface area contributed by atoms with Gasteiger partial charge in [-0.3, -0.25) is 4.98 Å². The fraction of sp³-hybridized carbons (Fsp3) is 0.357. The zero-order chi connectivity index (χ0) is 25.4. The van der Waals surface area contributed by atoms with Gasteiger partial charge in [-0.25, -0.2) is 17.7 Å². The van der Waals surface area contributed by atoms with Gasteiger partial charge in [-0.15, -0.1) is 0 Å². The lowest BCUT2D eigenvalue weighted by molar-refractivity contribution is 0.153. The highest BCUT2D eigenvalue weighted by molar-refractivity contribution is 7.89. The number of aliphatic imine (C=N–C) groups is 1. The van der Waals surface area contributed by atoms with E-state index in [4.69, 9.17) is 9.73 Å². The van der Waals surface area contributed by atoms with Crippen molar-refractivity contribution in [3.8, 4) is 5.75 Å². The van der Waals surface area contributed by atoms with Crippen molar-refractivity contribution >= 4 is 26.8 Å². The van der Waals surface area contributed by atoms with Crippen LogP contribution in [0.2, 0.25) is 0 Å². The molecule has 1 N–H and O–H groups in total. The van der Waals surface area contributed by atoms with E-state index in [1.54, 1.807) is 38.5 Å². The molecule has 1 saturated carbocycles. The topological polar surface area (TPSA) is 87.1 Å². The van der Waals surface area contributed by atoms with Crippen molar-refractivity contribution in [2.75, 3.05) is 27.2 Å². The second kappa shape index (κ2) is 8.03. The van der Waals surface area contributed by atoms with Crippen molar-refractivity contribution in [1.82, 2.24) is 19.5 Å². The highest BCUT2D eigenvalue weighted by atomic mass is 32.2. The Morgan fingerprint density at radius 2 is 1.89 bits per heavy atom. The fourth-order valence-corrected chi connectivity index (χ4v) is 7.52. The van der Waals surface area contributed by atoms with Crippen molar-refractivity contribution in [2.24, 2.45) is 4.99 Å². The van der Waals surface area contributed by atoms with Crippen molar-refractivity contribution in [2.45, 2.75) is 42.2 Å².